The Morgan fingerprint density at radius 3 is 2.92 bits per heavy atom. The summed E-state index contributed by atoms with van der Waals surface area (Å²) in [4.78, 5) is 15.8. The Morgan fingerprint density at radius 2 is 2.46 bits per heavy atom. The summed E-state index contributed by atoms with van der Waals surface area (Å²) < 4.78 is 1.70. The Labute approximate surface area is 74.8 Å². The van der Waals surface area contributed by atoms with Gasteiger partial charge < -0.3 is 10.0 Å². The molecule has 0 aromatic carbocycles. The quantitative estimate of drug-likeness (QED) is 0.673. The van der Waals surface area contributed by atoms with Crippen LogP contribution in [0.25, 0.3) is 0 Å². The molecule has 70 valence electrons. The molecular weight excluding hydrogens is 172 g/mol. The van der Waals surface area contributed by atoms with Gasteiger partial charge in [0.1, 0.15) is 12.7 Å². The first kappa shape index (κ1) is 8.03. The number of carbonyl (C=O) groups is 1. The maximum Gasteiger partial charge on any atom is 0.407 e. The van der Waals surface area contributed by atoms with E-state index in [0.29, 0.717) is 6.54 Å². The van der Waals surface area contributed by atoms with Crippen LogP contribution in [0.15, 0.2) is 12.7 Å². The second-order valence-electron chi connectivity index (χ2n) is 3.12. The molecule has 6 heteroatoms. The summed E-state index contributed by atoms with van der Waals surface area (Å²) in [6.07, 6.45) is 2.19. The molecule has 13 heavy (non-hydrogen) atoms. The highest BCUT2D eigenvalue weighted by Crippen LogP contribution is 2.27. The van der Waals surface area contributed by atoms with Gasteiger partial charge in [0.25, 0.3) is 0 Å². The van der Waals surface area contributed by atoms with Crippen LogP contribution < -0.4 is 0 Å². The highest BCUT2D eigenvalue weighted by molar-refractivity contribution is 5.66. The van der Waals surface area contributed by atoms with Crippen LogP contribution in [0.4, 0.5) is 4.79 Å². The van der Waals surface area contributed by atoms with Crippen LogP contribution >= 0.6 is 0 Å². The molecule has 1 fully saturated rings. The third-order valence-electron chi connectivity index (χ3n) is 2.45. The largest absolute Gasteiger partial charge is 0.465 e. The van der Waals surface area contributed by atoms with Gasteiger partial charge in [0, 0.05) is 6.54 Å². The zero-order valence-electron chi connectivity index (χ0n) is 7.16. The van der Waals surface area contributed by atoms with Crippen molar-refractivity contribution < 1.29 is 9.90 Å². The predicted octanol–water partition coefficient (Wildman–Crippen LogP) is 0.201. The third kappa shape index (κ3) is 1.14. The molecule has 6 nitrogen and oxygen atoms in total. The number of nitrogens with zero attached hydrogens (tertiary/aromatic N) is 4. The SMILES string of the molecule is CC1C(n2cncn2)CN1C(=O)O. The topological polar surface area (TPSA) is 71.2 Å². The van der Waals surface area contributed by atoms with Crippen LogP contribution in [0.1, 0.15) is 13.0 Å². The molecule has 1 saturated heterocycles. The lowest BCUT2D eigenvalue weighted by Crippen LogP contribution is -2.57. The smallest absolute Gasteiger partial charge is 0.407 e. The Morgan fingerprint density at radius 1 is 1.69 bits per heavy atom. The van der Waals surface area contributed by atoms with E-state index in [-0.39, 0.29) is 12.1 Å². The lowest BCUT2D eigenvalue weighted by molar-refractivity contribution is 0.0335. The van der Waals surface area contributed by atoms with E-state index in [2.05, 4.69) is 10.1 Å². The van der Waals surface area contributed by atoms with Gasteiger partial charge in [-0.25, -0.2) is 14.5 Å². The molecule has 1 aliphatic heterocycles. The molecule has 0 aliphatic carbocycles. The number of aromatic nitrogens is 3. The zero-order chi connectivity index (χ0) is 9.42. The van der Waals surface area contributed by atoms with Crippen molar-refractivity contribution in [2.75, 3.05) is 6.54 Å². The van der Waals surface area contributed by atoms with Crippen molar-refractivity contribution in [1.29, 1.82) is 0 Å². The predicted molar refractivity (Wildman–Crippen MR) is 43.3 cm³/mol. The fraction of sp³-hybridized carbons (Fsp3) is 0.571. The molecule has 2 heterocycles. The van der Waals surface area contributed by atoms with Crippen molar-refractivity contribution in [3.05, 3.63) is 12.7 Å². The maximum atomic E-state index is 10.6. The number of hydrogen-bond donors (Lipinski definition) is 1. The number of hydrogen-bond acceptors (Lipinski definition) is 3. The molecule has 1 aromatic heterocycles. The summed E-state index contributed by atoms with van der Waals surface area (Å²) in [5, 5.41) is 12.7. The zero-order valence-corrected chi connectivity index (χ0v) is 7.16. The van der Waals surface area contributed by atoms with Crippen LogP contribution in [0, 0.1) is 0 Å². The van der Waals surface area contributed by atoms with Gasteiger partial charge in [0.15, 0.2) is 0 Å². The first-order chi connectivity index (χ1) is 6.20. The molecule has 1 aliphatic rings. The van der Waals surface area contributed by atoms with E-state index in [0.717, 1.165) is 0 Å². The molecule has 2 atom stereocenters. The number of likely N-dealkylation sites (tertiary alicyclic amines) is 1. The minimum atomic E-state index is -0.871. The van der Waals surface area contributed by atoms with E-state index < -0.39 is 6.09 Å². The van der Waals surface area contributed by atoms with Crippen molar-refractivity contribution in [2.24, 2.45) is 0 Å². The van der Waals surface area contributed by atoms with Crippen LogP contribution in [-0.2, 0) is 0 Å². The normalized spacial score (nSPS) is 27.0. The van der Waals surface area contributed by atoms with Crippen molar-refractivity contribution >= 4 is 6.09 Å². The number of rotatable bonds is 1. The Kier molecular flexibility index (Phi) is 1.68. The van der Waals surface area contributed by atoms with Gasteiger partial charge in [-0.1, -0.05) is 0 Å². The molecule has 0 saturated carbocycles. The highest BCUT2D eigenvalue weighted by Gasteiger charge is 2.40. The van der Waals surface area contributed by atoms with E-state index in [1.807, 2.05) is 6.92 Å². The van der Waals surface area contributed by atoms with Gasteiger partial charge in [-0.05, 0) is 6.92 Å². The van der Waals surface area contributed by atoms with E-state index in [1.54, 1.807) is 11.0 Å². The molecule has 0 radical (unpaired) electrons. The summed E-state index contributed by atoms with van der Waals surface area (Å²) in [7, 11) is 0. The van der Waals surface area contributed by atoms with Crippen LogP contribution in [0.2, 0.25) is 0 Å². The lowest BCUT2D eigenvalue weighted by Gasteiger charge is -2.43. The van der Waals surface area contributed by atoms with E-state index in [9.17, 15) is 4.79 Å². The van der Waals surface area contributed by atoms with Gasteiger partial charge in [0.05, 0.1) is 12.1 Å². The molecule has 1 N–H and O–H groups in total. The Bertz CT molecular complexity index is 310. The highest BCUT2D eigenvalue weighted by atomic mass is 16.4. The van der Waals surface area contributed by atoms with Crippen LogP contribution in [0.3, 0.4) is 0 Å². The van der Waals surface area contributed by atoms with Gasteiger partial charge in [-0.15, -0.1) is 0 Å². The summed E-state index contributed by atoms with van der Waals surface area (Å²) in [6.45, 7) is 2.36. The first-order valence-corrected chi connectivity index (χ1v) is 4.04. The van der Waals surface area contributed by atoms with Crippen molar-refractivity contribution in [2.45, 2.75) is 19.0 Å². The molecular formula is C7H10N4O2. The van der Waals surface area contributed by atoms with Gasteiger partial charge in [-0.3, -0.25) is 0 Å². The van der Waals surface area contributed by atoms with Crippen LogP contribution in [-0.4, -0.2) is 43.5 Å². The first-order valence-electron chi connectivity index (χ1n) is 4.04. The van der Waals surface area contributed by atoms with Crippen molar-refractivity contribution in [3.63, 3.8) is 0 Å². The summed E-state index contributed by atoms with van der Waals surface area (Å²) >= 11 is 0. The molecule has 2 rings (SSSR count). The van der Waals surface area contributed by atoms with Crippen LogP contribution in [0.5, 0.6) is 0 Å². The summed E-state index contributed by atoms with van der Waals surface area (Å²) in [6, 6.07) is 0.123. The average molecular weight is 182 g/mol. The standard InChI is InChI=1S/C7H10N4O2/c1-5-6(2-10(5)7(12)13)11-4-8-3-9-11/h3-6H,2H2,1H3,(H,12,13). The second kappa shape index (κ2) is 2.72. The van der Waals surface area contributed by atoms with Gasteiger partial charge in [0.2, 0.25) is 0 Å². The molecule has 1 amide bonds. The lowest BCUT2D eigenvalue weighted by atomic mass is 9.99. The number of amides is 1. The monoisotopic (exact) mass is 182 g/mol. The minimum Gasteiger partial charge on any atom is -0.465 e. The van der Waals surface area contributed by atoms with E-state index >= 15 is 0 Å². The average Bonchev–Trinajstić information content (AvgIpc) is 2.54. The molecule has 0 spiro atoms. The fourth-order valence-corrected chi connectivity index (χ4v) is 1.54. The Hall–Kier alpha value is -1.59. The Balaban J connectivity index is 2.05. The second-order valence-corrected chi connectivity index (χ2v) is 3.12. The van der Waals surface area contributed by atoms with E-state index in [1.165, 1.54) is 11.2 Å². The summed E-state index contributed by atoms with van der Waals surface area (Å²) in [5.74, 6) is 0. The van der Waals surface area contributed by atoms with Crippen molar-refractivity contribution in [1.82, 2.24) is 19.7 Å². The third-order valence-corrected chi connectivity index (χ3v) is 2.45. The van der Waals surface area contributed by atoms with Crippen molar-refractivity contribution in [3.8, 4) is 0 Å². The number of carboxylic acid groups (broad SMARTS) is 1. The molecule has 2 unspecified atom stereocenters. The minimum absolute atomic E-state index is 0.0146. The van der Waals surface area contributed by atoms with Gasteiger partial charge >= 0.3 is 6.09 Å². The van der Waals surface area contributed by atoms with Gasteiger partial charge in [-0.2, -0.15) is 5.10 Å². The molecule has 0 bridgehead atoms. The fourth-order valence-electron chi connectivity index (χ4n) is 1.54. The summed E-state index contributed by atoms with van der Waals surface area (Å²) in [5.41, 5.74) is 0. The van der Waals surface area contributed by atoms with E-state index in [4.69, 9.17) is 5.11 Å². The molecule has 1 aromatic rings. The maximum absolute atomic E-state index is 10.6.